The molecule has 1 atom stereocenters. The fraction of sp³-hybridized carbons (Fsp3) is 0.294. The van der Waals surface area contributed by atoms with Crippen molar-refractivity contribution in [3.05, 3.63) is 52.2 Å². The van der Waals surface area contributed by atoms with Crippen LogP contribution >= 0.6 is 11.6 Å². The van der Waals surface area contributed by atoms with Gasteiger partial charge in [-0.15, -0.1) is 0 Å². The van der Waals surface area contributed by atoms with E-state index in [0.717, 1.165) is 0 Å². The number of carbonyl (C=O) groups is 2. The molecular weight excluding hydrogens is 348 g/mol. The van der Waals surface area contributed by atoms with Crippen LogP contribution in [-0.2, 0) is 14.3 Å². The average molecular weight is 367 g/mol. The number of nitrogens with one attached hydrogen (secondary N) is 1. The van der Waals surface area contributed by atoms with Crippen molar-refractivity contribution < 1.29 is 24.5 Å². The van der Waals surface area contributed by atoms with Crippen molar-refractivity contribution >= 4 is 29.1 Å². The topological polar surface area (TPSA) is 122 Å². The average Bonchev–Trinajstić information content (AvgIpc) is 2.54. The van der Waals surface area contributed by atoms with Crippen LogP contribution < -0.4 is 11.1 Å². The van der Waals surface area contributed by atoms with Crippen LogP contribution in [-0.4, -0.2) is 47.4 Å². The Balaban J connectivity index is 2.63. The fourth-order valence-electron chi connectivity index (χ4n) is 2.55. The van der Waals surface area contributed by atoms with Gasteiger partial charge in [0, 0.05) is 17.1 Å². The summed E-state index contributed by atoms with van der Waals surface area (Å²) in [6, 6.07) is 6.66. The highest BCUT2D eigenvalue weighted by molar-refractivity contribution is 6.33. The lowest BCUT2D eigenvalue weighted by atomic mass is 9.85. The summed E-state index contributed by atoms with van der Waals surface area (Å²) < 4.78 is 5.33. The predicted octanol–water partition coefficient (Wildman–Crippen LogP) is 1.48. The molecule has 1 heterocycles. The smallest absolute Gasteiger partial charge is 0.338 e. The van der Waals surface area contributed by atoms with Crippen LogP contribution in [0.4, 0.5) is 0 Å². The molecule has 1 aromatic carbocycles. The van der Waals surface area contributed by atoms with Gasteiger partial charge in [0.15, 0.2) is 5.54 Å². The van der Waals surface area contributed by atoms with E-state index in [1.807, 2.05) is 0 Å². The zero-order chi connectivity index (χ0) is 18.6. The number of rotatable bonds is 7. The molecule has 0 fully saturated rings. The summed E-state index contributed by atoms with van der Waals surface area (Å²) >= 11 is 6.20. The Hall–Kier alpha value is -2.35. The molecule has 8 heteroatoms. The fourth-order valence-corrected chi connectivity index (χ4v) is 2.79. The van der Waals surface area contributed by atoms with Crippen LogP contribution in [0.2, 0.25) is 5.02 Å². The minimum atomic E-state index is -1.51. The zero-order valence-corrected chi connectivity index (χ0v) is 14.3. The Bertz CT molecular complexity index is 759. The van der Waals surface area contributed by atoms with Crippen LogP contribution in [0.15, 0.2) is 41.6 Å². The van der Waals surface area contributed by atoms with Crippen LogP contribution in [0.1, 0.15) is 12.5 Å². The SMILES string of the molecule is CC1(C(=O)O)C=C(c2ccccc2Cl)C(C(=O)O)=C(COCCN)N1. The highest BCUT2D eigenvalue weighted by Gasteiger charge is 2.39. The molecule has 0 amide bonds. The van der Waals surface area contributed by atoms with Crippen molar-refractivity contribution in [2.24, 2.45) is 5.73 Å². The maximum absolute atomic E-state index is 11.9. The van der Waals surface area contributed by atoms with E-state index in [-0.39, 0.29) is 36.6 Å². The van der Waals surface area contributed by atoms with Crippen LogP contribution in [0.25, 0.3) is 5.57 Å². The molecule has 0 bridgehead atoms. The first-order valence-electron chi connectivity index (χ1n) is 7.54. The summed E-state index contributed by atoms with van der Waals surface area (Å²) in [4.78, 5) is 23.6. The molecule has 7 nitrogen and oxygen atoms in total. The van der Waals surface area contributed by atoms with E-state index in [1.165, 1.54) is 13.0 Å². The van der Waals surface area contributed by atoms with E-state index in [9.17, 15) is 19.8 Å². The quantitative estimate of drug-likeness (QED) is 0.539. The molecule has 134 valence electrons. The van der Waals surface area contributed by atoms with Gasteiger partial charge in [0.25, 0.3) is 0 Å². The van der Waals surface area contributed by atoms with Crippen LogP contribution in [0.3, 0.4) is 0 Å². The van der Waals surface area contributed by atoms with E-state index in [0.29, 0.717) is 10.6 Å². The summed E-state index contributed by atoms with van der Waals surface area (Å²) in [5.41, 5.74) is 4.62. The van der Waals surface area contributed by atoms with Gasteiger partial charge in [-0.05, 0) is 24.6 Å². The first-order chi connectivity index (χ1) is 11.8. The van der Waals surface area contributed by atoms with Crippen molar-refractivity contribution in [2.45, 2.75) is 12.5 Å². The van der Waals surface area contributed by atoms with Gasteiger partial charge in [-0.3, -0.25) is 0 Å². The molecule has 0 aliphatic carbocycles. The standard InChI is InChI=1S/C17H19ClN2O5/c1-17(16(23)24)8-11(10-4-2-3-5-12(10)18)14(15(21)22)13(20-17)9-25-7-6-19/h2-5,8,20H,6-7,9,19H2,1H3,(H,21,22)(H,23,24). The molecule has 1 unspecified atom stereocenters. The van der Waals surface area contributed by atoms with E-state index in [2.05, 4.69) is 5.32 Å². The molecule has 1 aliphatic heterocycles. The second-order valence-electron chi connectivity index (χ2n) is 5.67. The monoisotopic (exact) mass is 366 g/mol. The highest BCUT2D eigenvalue weighted by atomic mass is 35.5. The molecule has 25 heavy (non-hydrogen) atoms. The van der Waals surface area contributed by atoms with E-state index < -0.39 is 17.5 Å². The normalized spacial score (nSPS) is 20.0. The third-order valence-electron chi connectivity index (χ3n) is 3.75. The minimum absolute atomic E-state index is 0.0798. The van der Waals surface area contributed by atoms with Crippen molar-refractivity contribution in [1.82, 2.24) is 5.32 Å². The highest BCUT2D eigenvalue weighted by Crippen LogP contribution is 2.36. The Morgan fingerprint density at radius 1 is 1.32 bits per heavy atom. The predicted molar refractivity (Wildman–Crippen MR) is 93.1 cm³/mol. The molecule has 0 saturated carbocycles. The molecule has 0 spiro atoms. The first-order valence-corrected chi connectivity index (χ1v) is 7.92. The lowest BCUT2D eigenvalue weighted by Crippen LogP contribution is -2.51. The number of nitrogens with two attached hydrogens (primary N) is 1. The van der Waals surface area contributed by atoms with E-state index >= 15 is 0 Å². The lowest BCUT2D eigenvalue weighted by molar-refractivity contribution is -0.142. The Labute approximate surface area is 149 Å². The van der Waals surface area contributed by atoms with Crippen molar-refractivity contribution in [3.8, 4) is 0 Å². The Morgan fingerprint density at radius 2 is 2.00 bits per heavy atom. The Kier molecular flexibility index (Phi) is 5.84. The zero-order valence-electron chi connectivity index (χ0n) is 13.6. The van der Waals surface area contributed by atoms with Gasteiger partial charge in [0.2, 0.25) is 0 Å². The third-order valence-corrected chi connectivity index (χ3v) is 4.08. The Morgan fingerprint density at radius 3 is 2.56 bits per heavy atom. The van der Waals surface area contributed by atoms with Gasteiger partial charge in [0.05, 0.1) is 24.5 Å². The molecule has 1 aliphatic rings. The number of benzene rings is 1. The van der Waals surface area contributed by atoms with Crippen molar-refractivity contribution in [2.75, 3.05) is 19.8 Å². The number of carboxylic acid groups (broad SMARTS) is 2. The second-order valence-corrected chi connectivity index (χ2v) is 6.08. The third kappa shape index (κ3) is 4.01. The van der Waals surface area contributed by atoms with Gasteiger partial charge in [-0.1, -0.05) is 29.8 Å². The summed E-state index contributed by atoms with van der Waals surface area (Å²) in [7, 11) is 0. The summed E-state index contributed by atoms with van der Waals surface area (Å²) in [6.07, 6.45) is 1.35. The van der Waals surface area contributed by atoms with Gasteiger partial charge in [0.1, 0.15) is 0 Å². The lowest BCUT2D eigenvalue weighted by Gasteiger charge is -2.33. The largest absolute Gasteiger partial charge is 0.479 e. The van der Waals surface area contributed by atoms with Gasteiger partial charge < -0.3 is 26.0 Å². The molecule has 5 N–H and O–H groups in total. The van der Waals surface area contributed by atoms with Crippen LogP contribution in [0, 0.1) is 0 Å². The maximum atomic E-state index is 11.9. The number of halogens is 1. The summed E-state index contributed by atoms with van der Waals surface area (Å²) in [6.45, 7) is 1.81. The minimum Gasteiger partial charge on any atom is -0.479 e. The van der Waals surface area contributed by atoms with Gasteiger partial charge >= 0.3 is 11.9 Å². The number of aliphatic carboxylic acids is 2. The molecule has 0 radical (unpaired) electrons. The number of ether oxygens (including phenoxy) is 1. The molecule has 0 aromatic heterocycles. The molecule has 0 saturated heterocycles. The van der Waals surface area contributed by atoms with Gasteiger partial charge in [-0.25, -0.2) is 9.59 Å². The van der Waals surface area contributed by atoms with Crippen LogP contribution in [0.5, 0.6) is 0 Å². The maximum Gasteiger partial charge on any atom is 0.338 e. The summed E-state index contributed by atoms with van der Waals surface area (Å²) in [5, 5.41) is 22.3. The first kappa shape index (κ1) is 19.0. The second kappa shape index (κ2) is 7.69. The van der Waals surface area contributed by atoms with E-state index in [4.69, 9.17) is 22.1 Å². The molecular formula is C17H19ClN2O5. The molecule has 2 rings (SSSR count). The molecule has 1 aromatic rings. The van der Waals surface area contributed by atoms with Crippen molar-refractivity contribution in [3.63, 3.8) is 0 Å². The van der Waals surface area contributed by atoms with E-state index in [1.54, 1.807) is 24.3 Å². The summed E-state index contributed by atoms with van der Waals surface area (Å²) in [5.74, 6) is -2.37. The number of dihydropyridines is 1. The number of carboxylic acids is 2. The van der Waals surface area contributed by atoms with Crippen molar-refractivity contribution in [1.29, 1.82) is 0 Å². The van der Waals surface area contributed by atoms with Gasteiger partial charge in [-0.2, -0.15) is 0 Å². The number of hydrogen-bond acceptors (Lipinski definition) is 5. The number of hydrogen-bond donors (Lipinski definition) is 4.